The van der Waals surface area contributed by atoms with Gasteiger partial charge in [0.1, 0.15) is 6.04 Å². The van der Waals surface area contributed by atoms with E-state index in [4.69, 9.17) is 0 Å². The van der Waals surface area contributed by atoms with E-state index in [1.165, 1.54) is 23.1 Å². The van der Waals surface area contributed by atoms with E-state index in [1.807, 2.05) is 31.2 Å². The highest BCUT2D eigenvalue weighted by Gasteiger charge is 2.22. The summed E-state index contributed by atoms with van der Waals surface area (Å²) < 4.78 is 0.657. The summed E-state index contributed by atoms with van der Waals surface area (Å²) in [5.74, 6) is -1.34. The predicted octanol–water partition coefficient (Wildman–Crippen LogP) is 2.36. The van der Waals surface area contributed by atoms with Gasteiger partial charge in [-0.2, -0.15) is 0 Å². The van der Waals surface area contributed by atoms with Gasteiger partial charge in [-0.15, -0.1) is 10.2 Å². The maximum absolute atomic E-state index is 12.2. The molecule has 4 N–H and O–H groups in total. The average Bonchev–Trinajstić information content (AvgIpc) is 3.27. The van der Waals surface area contributed by atoms with Crippen molar-refractivity contribution >= 4 is 51.0 Å². The van der Waals surface area contributed by atoms with Crippen LogP contribution in [0.4, 0.5) is 5.13 Å². The Kier molecular flexibility index (Phi) is 6.30. The first-order valence-electron chi connectivity index (χ1n) is 8.34. The Hall–Kier alpha value is -2.59. The minimum atomic E-state index is -1.07. The number of carbonyl (C=O) groups is 2. The van der Waals surface area contributed by atoms with Crippen LogP contribution in [0.25, 0.3) is 10.9 Å². The number of H-pyrrole nitrogens is 1. The van der Waals surface area contributed by atoms with Crippen LogP contribution in [0.2, 0.25) is 0 Å². The average molecular weight is 406 g/mol. The number of aliphatic carboxylic acids is 1. The van der Waals surface area contributed by atoms with Crippen LogP contribution in [0.3, 0.4) is 0 Å². The number of carboxylic acid groups (broad SMARTS) is 1. The zero-order valence-electron chi connectivity index (χ0n) is 14.6. The fourth-order valence-corrected chi connectivity index (χ4v) is 4.21. The van der Waals surface area contributed by atoms with Crippen LogP contribution in [0.15, 0.2) is 34.8 Å². The van der Waals surface area contributed by atoms with Gasteiger partial charge in [-0.05, 0) is 18.6 Å². The van der Waals surface area contributed by atoms with Gasteiger partial charge in [0.05, 0.1) is 5.75 Å². The third-order valence-electron chi connectivity index (χ3n) is 3.79. The fourth-order valence-electron chi connectivity index (χ4n) is 2.57. The number of anilines is 1. The highest BCUT2D eigenvalue weighted by Crippen LogP contribution is 2.25. The van der Waals surface area contributed by atoms with Gasteiger partial charge in [0.25, 0.3) is 0 Å². The minimum absolute atomic E-state index is 0.0818. The topological polar surface area (TPSA) is 120 Å². The van der Waals surface area contributed by atoms with Crippen molar-refractivity contribution in [2.24, 2.45) is 0 Å². The highest BCUT2D eigenvalue weighted by atomic mass is 32.2. The van der Waals surface area contributed by atoms with Crippen LogP contribution < -0.4 is 10.6 Å². The molecular weight excluding hydrogens is 386 g/mol. The predicted molar refractivity (Wildman–Crippen MR) is 106 cm³/mol. The molecule has 0 fully saturated rings. The quantitative estimate of drug-likeness (QED) is 0.403. The number of rotatable bonds is 9. The monoisotopic (exact) mass is 405 g/mol. The largest absolute Gasteiger partial charge is 0.480 e. The number of hydrogen-bond donors (Lipinski definition) is 4. The Labute approximate surface area is 163 Å². The Morgan fingerprint density at radius 3 is 2.93 bits per heavy atom. The van der Waals surface area contributed by atoms with Crippen molar-refractivity contribution in [3.63, 3.8) is 0 Å². The molecule has 0 spiro atoms. The van der Waals surface area contributed by atoms with E-state index in [-0.39, 0.29) is 18.1 Å². The number of hydrogen-bond acceptors (Lipinski definition) is 7. The maximum atomic E-state index is 12.2. The molecule has 0 aliphatic heterocycles. The van der Waals surface area contributed by atoms with Crippen molar-refractivity contribution in [3.05, 3.63) is 36.0 Å². The summed E-state index contributed by atoms with van der Waals surface area (Å²) in [4.78, 5) is 26.9. The number of fused-ring (bicyclic) bond motifs is 1. The van der Waals surface area contributed by atoms with E-state index in [0.717, 1.165) is 23.0 Å². The first-order chi connectivity index (χ1) is 13.1. The lowest BCUT2D eigenvalue weighted by Crippen LogP contribution is -2.43. The number of thioether (sulfide) groups is 1. The van der Waals surface area contributed by atoms with E-state index in [0.29, 0.717) is 9.47 Å². The fraction of sp³-hybridized carbons (Fsp3) is 0.294. The van der Waals surface area contributed by atoms with E-state index in [2.05, 4.69) is 25.8 Å². The summed E-state index contributed by atoms with van der Waals surface area (Å²) in [7, 11) is 0. The summed E-state index contributed by atoms with van der Waals surface area (Å²) in [6.45, 7) is 2.70. The molecule has 0 saturated carbocycles. The second-order valence-corrected chi connectivity index (χ2v) is 7.91. The van der Waals surface area contributed by atoms with Crippen molar-refractivity contribution < 1.29 is 14.7 Å². The molecule has 142 valence electrons. The number of carboxylic acids is 1. The molecule has 0 radical (unpaired) electrons. The molecule has 1 atom stereocenters. The zero-order chi connectivity index (χ0) is 19.2. The molecule has 8 nitrogen and oxygen atoms in total. The summed E-state index contributed by atoms with van der Waals surface area (Å²) in [5, 5.41) is 24.7. The van der Waals surface area contributed by atoms with E-state index >= 15 is 0 Å². The normalized spacial score (nSPS) is 12.0. The van der Waals surface area contributed by atoms with E-state index in [1.54, 1.807) is 6.20 Å². The Morgan fingerprint density at radius 2 is 2.15 bits per heavy atom. The van der Waals surface area contributed by atoms with E-state index < -0.39 is 12.0 Å². The second-order valence-electron chi connectivity index (χ2n) is 5.71. The molecule has 1 amide bonds. The first-order valence-corrected chi connectivity index (χ1v) is 10.1. The molecule has 3 aromatic rings. The molecule has 0 bridgehead atoms. The smallest absolute Gasteiger partial charge is 0.326 e. The van der Waals surface area contributed by atoms with Crippen LogP contribution in [-0.4, -0.2) is 50.5 Å². The summed E-state index contributed by atoms with van der Waals surface area (Å²) in [6, 6.07) is 6.66. The molecule has 3 rings (SSSR count). The standard InChI is InChI=1S/C17H19N5O3S2/c1-2-18-16-21-22-17(27-16)26-9-14(23)20-13(15(24)25)7-10-8-19-12-6-4-3-5-11(10)12/h3-6,8,13,19H,2,7,9H2,1H3,(H,18,21)(H,20,23)(H,24,25)/t13-/m1/s1. The molecule has 27 heavy (non-hydrogen) atoms. The molecule has 0 unspecified atom stereocenters. The number of nitrogens with zero attached hydrogens (tertiary/aromatic N) is 2. The first kappa shape index (κ1) is 19.2. The second kappa shape index (κ2) is 8.87. The van der Waals surface area contributed by atoms with Crippen LogP contribution in [0, 0.1) is 0 Å². The van der Waals surface area contributed by atoms with Gasteiger partial charge in [0.15, 0.2) is 4.34 Å². The molecule has 0 aliphatic carbocycles. The number of carbonyl (C=O) groups excluding carboxylic acids is 1. The Morgan fingerprint density at radius 1 is 1.33 bits per heavy atom. The van der Waals surface area contributed by atoms with Gasteiger partial charge in [-0.25, -0.2) is 4.79 Å². The van der Waals surface area contributed by atoms with Crippen molar-refractivity contribution in [2.45, 2.75) is 23.7 Å². The molecular formula is C17H19N5O3S2. The van der Waals surface area contributed by atoms with Gasteiger partial charge in [0, 0.05) is 30.1 Å². The number of aromatic nitrogens is 3. The number of aromatic amines is 1. The molecule has 10 heteroatoms. The molecule has 2 heterocycles. The SMILES string of the molecule is CCNc1nnc(SCC(=O)N[C@H](Cc2c[nH]c3ccccc23)C(=O)O)s1. The molecule has 2 aromatic heterocycles. The molecule has 1 aromatic carbocycles. The number of benzene rings is 1. The zero-order valence-corrected chi connectivity index (χ0v) is 16.2. The lowest BCUT2D eigenvalue weighted by molar-refractivity contribution is -0.141. The number of amides is 1. The molecule has 0 aliphatic rings. The summed E-state index contributed by atoms with van der Waals surface area (Å²) in [5.41, 5.74) is 1.79. The maximum Gasteiger partial charge on any atom is 0.326 e. The molecule has 0 saturated heterocycles. The van der Waals surface area contributed by atoms with Gasteiger partial charge < -0.3 is 20.7 Å². The highest BCUT2D eigenvalue weighted by molar-refractivity contribution is 8.01. The van der Waals surface area contributed by atoms with Crippen molar-refractivity contribution in [1.82, 2.24) is 20.5 Å². The van der Waals surface area contributed by atoms with Gasteiger partial charge in [-0.3, -0.25) is 4.79 Å². The van der Waals surface area contributed by atoms with Crippen molar-refractivity contribution in [3.8, 4) is 0 Å². The van der Waals surface area contributed by atoms with Gasteiger partial charge in [-0.1, -0.05) is 41.3 Å². The third-order valence-corrected chi connectivity index (χ3v) is 5.81. The Balaban J connectivity index is 1.58. The van der Waals surface area contributed by atoms with Crippen LogP contribution >= 0.6 is 23.1 Å². The van der Waals surface area contributed by atoms with Crippen molar-refractivity contribution in [2.75, 3.05) is 17.6 Å². The third kappa shape index (κ3) is 4.98. The summed E-state index contributed by atoms with van der Waals surface area (Å²) >= 11 is 2.59. The lowest BCUT2D eigenvalue weighted by atomic mass is 10.1. The van der Waals surface area contributed by atoms with Gasteiger partial charge in [0.2, 0.25) is 11.0 Å². The number of nitrogens with one attached hydrogen (secondary N) is 3. The Bertz CT molecular complexity index is 939. The van der Waals surface area contributed by atoms with Crippen molar-refractivity contribution in [1.29, 1.82) is 0 Å². The summed E-state index contributed by atoms with van der Waals surface area (Å²) in [6.07, 6.45) is 1.99. The van der Waals surface area contributed by atoms with E-state index in [9.17, 15) is 14.7 Å². The van der Waals surface area contributed by atoms with Crippen LogP contribution in [0.5, 0.6) is 0 Å². The van der Waals surface area contributed by atoms with Crippen LogP contribution in [-0.2, 0) is 16.0 Å². The number of para-hydroxylation sites is 1. The lowest BCUT2D eigenvalue weighted by Gasteiger charge is -2.13. The van der Waals surface area contributed by atoms with Gasteiger partial charge >= 0.3 is 5.97 Å². The van der Waals surface area contributed by atoms with Crippen LogP contribution in [0.1, 0.15) is 12.5 Å². The minimum Gasteiger partial charge on any atom is -0.480 e.